The Labute approximate surface area is 265 Å². The van der Waals surface area contributed by atoms with Crippen LogP contribution in [0, 0.1) is 10.1 Å². The lowest BCUT2D eigenvalue weighted by molar-refractivity contribution is -0.767. The topological polar surface area (TPSA) is 175 Å². The highest BCUT2D eigenvalue weighted by Gasteiger charge is 2.42. The summed E-state index contributed by atoms with van der Waals surface area (Å²) in [6.07, 6.45) is 9.38. The first-order valence-electron chi connectivity index (χ1n) is 15.0. The Morgan fingerprint density at radius 2 is 1.84 bits per heavy atom. The van der Waals surface area contributed by atoms with Crippen LogP contribution >= 0.6 is 11.6 Å². The number of unbranched alkanes of at least 4 members (excludes halogenated alkanes) is 1. The van der Waals surface area contributed by atoms with E-state index in [1.807, 2.05) is 47.4 Å². The summed E-state index contributed by atoms with van der Waals surface area (Å²) in [5.74, 6) is 0.0637. The van der Waals surface area contributed by atoms with Crippen molar-refractivity contribution in [1.29, 1.82) is 0 Å². The Morgan fingerprint density at radius 1 is 1.11 bits per heavy atom. The Hall–Kier alpha value is -4.33. The molecule has 4 rings (SSSR count). The van der Waals surface area contributed by atoms with Crippen LogP contribution in [0.2, 0.25) is 0 Å². The molecule has 0 saturated carbocycles. The lowest BCUT2D eigenvalue weighted by Crippen LogP contribution is -2.45. The number of aliphatic imine (C=N–C) groups is 1. The molecule has 6 atom stereocenters. The normalized spacial score (nSPS) is 22.0. The maximum absolute atomic E-state index is 13.4. The minimum absolute atomic E-state index is 0.00987. The fourth-order valence-electron chi connectivity index (χ4n) is 5.33. The van der Waals surface area contributed by atoms with Gasteiger partial charge in [-0.3, -0.25) is 9.79 Å². The fraction of sp³-hybridized carbons (Fsp3) is 0.533. The van der Waals surface area contributed by atoms with Gasteiger partial charge in [0.15, 0.2) is 17.4 Å². The van der Waals surface area contributed by atoms with Gasteiger partial charge in [0, 0.05) is 32.2 Å². The molecule has 242 valence electrons. The van der Waals surface area contributed by atoms with Gasteiger partial charge in [-0.1, -0.05) is 78.7 Å². The second-order valence-corrected chi connectivity index (χ2v) is 11.4. The van der Waals surface area contributed by atoms with Gasteiger partial charge in [0.1, 0.15) is 11.9 Å². The number of nitrogens with zero attached hydrogens (tertiary/aromatic N) is 6. The molecular weight excluding hydrogens is 606 g/mol. The summed E-state index contributed by atoms with van der Waals surface area (Å²) in [4.78, 5) is 46.9. The highest BCUT2D eigenvalue weighted by molar-refractivity contribution is 6.24. The Bertz CT molecular complexity index is 1380. The van der Waals surface area contributed by atoms with E-state index >= 15 is 0 Å². The first kappa shape index (κ1) is 33.6. The first-order chi connectivity index (χ1) is 21.7. The van der Waals surface area contributed by atoms with Crippen molar-refractivity contribution in [2.24, 2.45) is 4.99 Å². The van der Waals surface area contributed by atoms with Gasteiger partial charge in [0.25, 0.3) is 5.09 Å². The molecule has 14 nitrogen and oxygen atoms in total. The second kappa shape index (κ2) is 16.1. The summed E-state index contributed by atoms with van der Waals surface area (Å²) in [6.45, 7) is 5.44. The SMILES string of the molecule is CCCCC1=NC(Cl)C(C(=O)OC(C)OC(=O)CCCC(C)O[N+](=O)[O-])N1Cc1ccc(C2C=CC=CC2c2nn[nH]n2)cc1. The number of hydrogen-bond donors (Lipinski definition) is 1. The van der Waals surface area contributed by atoms with Crippen molar-refractivity contribution in [1.82, 2.24) is 25.5 Å². The molecular formula is C30H38ClN7O7. The van der Waals surface area contributed by atoms with E-state index in [0.29, 0.717) is 31.6 Å². The summed E-state index contributed by atoms with van der Waals surface area (Å²) in [5, 5.41) is 24.1. The molecule has 6 unspecified atom stereocenters. The van der Waals surface area contributed by atoms with Crippen molar-refractivity contribution in [3.05, 3.63) is 75.6 Å². The number of esters is 2. The van der Waals surface area contributed by atoms with Crippen LogP contribution in [0.15, 0.2) is 53.6 Å². The maximum atomic E-state index is 13.4. The van der Waals surface area contributed by atoms with E-state index in [-0.39, 0.29) is 18.3 Å². The predicted molar refractivity (Wildman–Crippen MR) is 163 cm³/mol. The molecule has 45 heavy (non-hydrogen) atoms. The third-order valence-corrected chi connectivity index (χ3v) is 7.88. The van der Waals surface area contributed by atoms with Crippen molar-refractivity contribution in [2.75, 3.05) is 0 Å². The third kappa shape index (κ3) is 9.33. The van der Waals surface area contributed by atoms with Gasteiger partial charge in [-0.15, -0.1) is 20.3 Å². The molecule has 1 aromatic heterocycles. The van der Waals surface area contributed by atoms with Crippen LogP contribution < -0.4 is 0 Å². The molecule has 0 radical (unpaired) electrons. The van der Waals surface area contributed by atoms with Crippen LogP contribution in [-0.2, 0) is 30.4 Å². The van der Waals surface area contributed by atoms with Gasteiger partial charge < -0.3 is 19.2 Å². The van der Waals surface area contributed by atoms with Crippen molar-refractivity contribution < 1.29 is 29.0 Å². The molecule has 0 fully saturated rings. The molecule has 0 amide bonds. The number of carbonyl (C=O) groups is 2. The number of allylic oxidation sites excluding steroid dienone is 4. The number of carbonyl (C=O) groups excluding carboxylic acids is 2. The monoisotopic (exact) mass is 643 g/mol. The van der Waals surface area contributed by atoms with Gasteiger partial charge in [0.2, 0.25) is 6.29 Å². The number of H-pyrrole nitrogens is 1. The number of nitrogens with one attached hydrogen (secondary N) is 1. The van der Waals surface area contributed by atoms with E-state index in [9.17, 15) is 19.7 Å². The Balaban J connectivity index is 1.38. The van der Waals surface area contributed by atoms with E-state index in [4.69, 9.17) is 21.1 Å². The van der Waals surface area contributed by atoms with E-state index < -0.39 is 41.0 Å². The average molecular weight is 644 g/mol. The predicted octanol–water partition coefficient (Wildman–Crippen LogP) is 4.73. The lowest BCUT2D eigenvalue weighted by atomic mass is 9.82. The number of alkyl halides is 1. The van der Waals surface area contributed by atoms with Crippen molar-refractivity contribution in [2.45, 2.75) is 102 Å². The number of benzene rings is 1. The summed E-state index contributed by atoms with van der Waals surface area (Å²) in [6, 6.07) is 7.21. The summed E-state index contributed by atoms with van der Waals surface area (Å²) >= 11 is 6.59. The van der Waals surface area contributed by atoms with Crippen LogP contribution in [-0.4, -0.2) is 72.3 Å². The van der Waals surface area contributed by atoms with E-state index in [0.717, 1.165) is 29.8 Å². The molecule has 15 heteroatoms. The molecule has 2 heterocycles. The van der Waals surface area contributed by atoms with Crippen LogP contribution in [0.4, 0.5) is 0 Å². The van der Waals surface area contributed by atoms with Crippen LogP contribution in [0.3, 0.4) is 0 Å². The van der Waals surface area contributed by atoms with Gasteiger partial charge in [0.05, 0.1) is 5.92 Å². The Morgan fingerprint density at radius 3 is 2.51 bits per heavy atom. The number of halogens is 1. The smallest absolute Gasteiger partial charge is 0.335 e. The molecule has 0 bridgehead atoms. The van der Waals surface area contributed by atoms with Crippen LogP contribution in [0.5, 0.6) is 0 Å². The minimum Gasteiger partial charge on any atom is -0.425 e. The number of rotatable bonds is 16. The molecule has 1 N–H and O–H groups in total. The van der Waals surface area contributed by atoms with Crippen molar-refractivity contribution in [3.8, 4) is 0 Å². The minimum atomic E-state index is -1.16. The maximum Gasteiger partial charge on any atom is 0.335 e. The Kier molecular flexibility index (Phi) is 12.0. The zero-order chi connectivity index (χ0) is 32.3. The highest BCUT2D eigenvalue weighted by Crippen LogP contribution is 2.36. The van der Waals surface area contributed by atoms with Gasteiger partial charge in [-0.25, -0.2) is 4.79 Å². The summed E-state index contributed by atoms with van der Waals surface area (Å²) in [7, 11) is 0. The van der Waals surface area contributed by atoms with E-state index in [1.54, 1.807) is 6.92 Å². The number of tetrazole rings is 1. The fourth-order valence-corrected chi connectivity index (χ4v) is 5.68. The standard InChI is InChI=1S/C30H38ClN7O7/c1-4-5-12-25-32-28(31)27(30(40)44-20(3)43-26(39)13-8-9-19(2)45-38(41)42)37(25)18-21-14-16-22(17-15-21)23-10-6-7-11-24(23)29-33-35-36-34-29/h6-7,10-11,14-17,19-20,23-24,27-28H,4-5,8-9,12-13,18H2,1-3H3,(H,33,34,35,36). The number of hydrogen-bond acceptors (Lipinski definition) is 12. The molecule has 2 aliphatic rings. The summed E-state index contributed by atoms with van der Waals surface area (Å²) < 4.78 is 10.7. The molecule has 2 aromatic rings. The molecule has 0 saturated heterocycles. The van der Waals surface area contributed by atoms with E-state index in [2.05, 4.69) is 43.5 Å². The first-order valence-corrected chi connectivity index (χ1v) is 15.5. The van der Waals surface area contributed by atoms with Crippen molar-refractivity contribution in [3.63, 3.8) is 0 Å². The van der Waals surface area contributed by atoms with E-state index in [1.165, 1.54) is 6.92 Å². The van der Waals surface area contributed by atoms with Crippen LogP contribution in [0.1, 0.15) is 88.1 Å². The number of aromatic nitrogens is 4. The number of amidine groups is 1. The average Bonchev–Trinajstić information content (AvgIpc) is 3.64. The van der Waals surface area contributed by atoms with Crippen LogP contribution in [0.25, 0.3) is 0 Å². The van der Waals surface area contributed by atoms with Gasteiger partial charge >= 0.3 is 11.9 Å². The molecule has 1 aromatic carbocycles. The van der Waals surface area contributed by atoms with Crippen molar-refractivity contribution >= 4 is 29.4 Å². The second-order valence-electron chi connectivity index (χ2n) is 11.0. The molecule has 0 spiro atoms. The largest absolute Gasteiger partial charge is 0.425 e. The van der Waals surface area contributed by atoms with Gasteiger partial charge in [-0.05, 0) is 37.3 Å². The van der Waals surface area contributed by atoms with Gasteiger partial charge in [-0.2, -0.15) is 5.21 Å². The third-order valence-electron chi connectivity index (χ3n) is 7.55. The molecule has 1 aliphatic heterocycles. The number of ether oxygens (including phenoxy) is 2. The summed E-state index contributed by atoms with van der Waals surface area (Å²) in [5.41, 5.74) is 1.16. The number of aromatic amines is 1. The lowest BCUT2D eigenvalue weighted by Gasteiger charge is -2.29. The molecule has 1 aliphatic carbocycles. The quantitative estimate of drug-likeness (QED) is 0.0668. The highest BCUT2D eigenvalue weighted by atomic mass is 35.5. The zero-order valence-electron chi connectivity index (χ0n) is 25.5. The zero-order valence-corrected chi connectivity index (χ0v) is 26.2.